The minimum atomic E-state index is -2.91. The van der Waals surface area contributed by atoms with Crippen LogP contribution < -0.4 is 0 Å². The number of benzene rings is 1. The molecule has 2 heterocycles. The lowest BCUT2D eigenvalue weighted by Gasteiger charge is -2.27. The van der Waals surface area contributed by atoms with Crippen LogP contribution in [0.3, 0.4) is 0 Å². The SMILES string of the molecule is CCCCN(Cn1[nH]c(-c2ccc(C)cc2)nc1=S)[C@@H]1CCS(=O)(=O)C1. The Morgan fingerprint density at radius 1 is 1.35 bits per heavy atom. The van der Waals surface area contributed by atoms with E-state index in [0.29, 0.717) is 17.9 Å². The van der Waals surface area contributed by atoms with Crippen LogP contribution in [0.25, 0.3) is 11.4 Å². The number of unbranched alkanes of at least 4 members (excludes halogenated alkanes) is 1. The summed E-state index contributed by atoms with van der Waals surface area (Å²) in [6, 6.07) is 8.18. The van der Waals surface area contributed by atoms with Gasteiger partial charge in [-0.1, -0.05) is 43.2 Å². The largest absolute Gasteiger partial charge is 0.280 e. The Morgan fingerprint density at radius 3 is 2.69 bits per heavy atom. The average molecular weight is 395 g/mol. The fraction of sp³-hybridized carbons (Fsp3) is 0.556. The molecule has 1 N–H and O–H groups in total. The van der Waals surface area contributed by atoms with Crippen LogP contribution in [0.2, 0.25) is 0 Å². The van der Waals surface area contributed by atoms with Gasteiger partial charge >= 0.3 is 0 Å². The van der Waals surface area contributed by atoms with Gasteiger partial charge in [0.2, 0.25) is 4.77 Å². The molecule has 0 radical (unpaired) electrons. The minimum Gasteiger partial charge on any atom is -0.280 e. The highest BCUT2D eigenvalue weighted by Gasteiger charge is 2.32. The maximum Gasteiger partial charge on any atom is 0.217 e. The lowest BCUT2D eigenvalue weighted by atomic mass is 10.1. The molecule has 1 fully saturated rings. The highest BCUT2D eigenvalue weighted by atomic mass is 32.2. The van der Waals surface area contributed by atoms with Gasteiger partial charge in [-0.2, -0.15) is 4.98 Å². The van der Waals surface area contributed by atoms with Gasteiger partial charge in [0.1, 0.15) is 0 Å². The molecule has 0 saturated carbocycles. The number of nitrogens with one attached hydrogen (secondary N) is 1. The molecule has 142 valence electrons. The van der Waals surface area contributed by atoms with E-state index in [1.807, 2.05) is 35.9 Å². The molecule has 0 amide bonds. The molecule has 3 rings (SSSR count). The van der Waals surface area contributed by atoms with E-state index in [1.165, 1.54) is 5.56 Å². The lowest BCUT2D eigenvalue weighted by molar-refractivity contribution is 0.153. The third-order valence-electron chi connectivity index (χ3n) is 4.85. The molecule has 2 aromatic rings. The molecule has 1 aliphatic heterocycles. The molecule has 26 heavy (non-hydrogen) atoms. The smallest absolute Gasteiger partial charge is 0.217 e. The Kier molecular flexibility index (Phi) is 5.94. The summed E-state index contributed by atoms with van der Waals surface area (Å²) in [5.74, 6) is 1.26. The molecular weight excluding hydrogens is 368 g/mol. The van der Waals surface area contributed by atoms with Gasteiger partial charge in [-0.05, 0) is 32.0 Å². The summed E-state index contributed by atoms with van der Waals surface area (Å²) in [5, 5.41) is 3.28. The van der Waals surface area contributed by atoms with E-state index >= 15 is 0 Å². The van der Waals surface area contributed by atoms with Crippen LogP contribution in [-0.2, 0) is 16.5 Å². The van der Waals surface area contributed by atoms with Crippen molar-refractivity contribution in [3.8, 4) is 11.4 Å². The maximum absolute atomic E-state index is 11.9. The number of nitrogens with zero attached hydrogens (tertiary/aromatic N) is 3. The second kappa shape index (κ2) is 8.02. The monoisotopic (exact) mass is 394 g/mol. The van der Waals surface area contributed by atoms with Crippen molar-refractivity contribution in [3.05, 3.63) is 34.6 Å². The van der Waals surface area contributed by atoms with Crippen LogP contribution >= 0.6 is 12.2 Å². The Labute approximate surface area is 160 Å². The van der Waals surface area contributed by atoms with Crippen molar-refractivity contribution in [3.63, 3.8) is 0 Å². The van der Waals surface area contributed by atoms with Crippen LogP contribution in [0.15, 0.2) is 24.3 Å². The topological polar surface area (TPSA) is 71.0 Å². The summed E-state index contributed by atoms with van der Waals surface area (Å²) in [4.78, 5) is 6.70. The van der Waals surface area contributed by atoms with Crippen LogP contribution in [0.1, 0.15) is 31.7 Å². The predicted molar refractivity (Wildman–Crippen MR) is 106 cm³/mol. The second-order valence-corrected chi connectivity index (χ2v) is 9.61. The summed E-state index contributed by atoms with van der Waals surface area (Å²) in [6.07, 6.45) is 2.79. The van der Waals surface area contributed by atoms with Crippen molar-refractivity contribution < 1.29 is 8.42 Å². The van der Waals surface area contributed by atoms with E-state index in [-0.39, 0.29) is 17.5 Å². The summed E-state index contributed by atoms with van der Waals surface area (Å²) >= 11 is 5.42. The Balaban J connectivity index is 1.80. The Morgan fingerprint density at radius 2 is 2.08 bits per heavy atom. The van der Waals surface area contributed by atoms with Gasteiger partial charge in [0.15, 0.2) is 15.7 Å². The van der Waals surface area contributed by atoms with Crippen molar-refractivity contribution >= 4 is 22.1 Å². The molecule has 6 nitrogen and oxygen atoms in total. The van der Waals surface area contributed by atoms with Crippen LogP contribution in [0.4, 0.5) is 0 Å². The van der Waals surface area contributed by atoms with Gasteiger partial charge in [-0.15, -0.1) is 0 Å². The van der Waals surface area contributed by atoms with Crippen LogP contribution in [0, 0.1) is 11.7 Å². The molecule has 0 aliphatic carbocycles. The summed E-state index contributed by atoms with van der Waals surface area (Å²) in [5.41, 5.74) is 2.18. The van der Waals surface area contributed by atoms with Crippen molar-refractivity contribution in [1.82, 2.24) is 19.7 Å². The van der Waals surface area contributed by atoms with Gasteiger partial charge in [0.25, 0.3) is 0 Å². The van der Waals surface area contributed by atoms with Crippen molar-refractivity contribution in [2.75, 3.05) is 18.1 Å². The van der Waals surface area contributed by atoms with Gasteiger partial charge in [-0.25, -0.2) is 13.1 Å². The standard InChI is InChI=1S/C18H26N4O2S2/c1-3-4-10-21(16-9-11-26(23,24)12-16)13-22-18(25)19-17(20-22)15-7-5-14(2)6-8-15/h5-8,16H,3-4,9-13H2,1-2H3,(H,19,20,25)/t16-/m1/s1. The quantitative estimate of drug-likeness (QED) is 0.731. The van der Waals surface area contributed by atoms with Crippen LogP contribution in [-0.4, -0.2) is 52.2 Å². The molecule has 1 saturated heterocycles. The van der Waals surface area contributed by atoms with E-state index in [9.17, 15) is 8.42 Å². The molecule has 1 aromatic carbocycles. The molecular formula is C18H26N4O2S2. The number of aromatic nitrogens is 3. The fourth-order valence-electron chi connectivity index (χ4n) is 3.27. The number of aryl methyl sites for hydroxylation is 1. The summed E-state index contributed by atoms with van der Waals surface area (Å²) in [7, 11) is -2.91. The zero-order valence-electron chi connectivity index (χ0n) is 15.3. The molecule has 0 spiro atoms. The van der Waals surface area contributed by atoms with Gasteiger partial charge < -0.3 is 0 Å². The normalized spacial score (nSPS) is 19.3. The molecule has 1 atom stereocenters. The van der Waals surface area contributed by atoms with Crippen molar-refractivity contribution in [1.29, 1.82) is 0 Å². The van der Waals surface area contributed by atoms with E-state index < -0.39 is 9.84 Å². The number of hydrogen-bond donors (Lipinski definition) is 1. The third kappa shape index (κ3) is 4.61. The summed E-state index contributed by atoms with van der Waals surface area (Å²) in [6.45, 7) is 5.59. The molecule has 1 aliphatic rings. The van der Waals surface area contributed by atoms with E-state index in [2.05, 4.69) is 21.9 Å². The number of sulfone groups is 1. The zero-order chi connectivity index (χ0) is 18.7. The van der Waals surface area contributed by atoms with Gasteiger partial charge in [0, 0.05) is 18.2 Å². The molecule has 0 bridgehead atoms. The Hall–Kier alpha value is -1.51. The Bertz CT molecular complexity index is 900. The van der Waals surface area contributed by atoms with Crippen LogP contribution in [0.5, 0.6) is 0 Å². The third-order valence-corrected chi connectivity index (χ3v) is 6.91. The first-order valence-corrected chi connectivity index (χ1v) is 11.3. The first-order chi connectivity index (χ1) is 12.4. The van der Waals surface area contributed by atoms with Gasteiger partial charge in [-0.3, -0.25) is 10.00 Å². The highest BCUT2D eigenvalue weighted by molar-refractivity contribution is 7.91. The van der Waals surface area contributed by atoms with Crippen molar-refractivity contribution in [2.45, 2.75) is 45.8 Å². The zero-order valence-corrected chi connectivity index (χ0v) is 16.9. The number of aromatic amines is 1. The lowest BCUT2D eigenvalue weighted by Crippen LogP contribution is -2.38. The number of rotatable bonds is 7. The molecule has 1 aromatic heterocycles. The predicted octanol–water partition coefficient (Wildman–Crippen LogP) is 3.16. The highest BCUT2D eigenvalue weighted by Crippen LogP contribution is 2.20. The van der Waals surface area contributed by atoms with Crippen molar-refractivity contribution in [2.24, 2.45) is 0 Å². The van der Waals surface area contributed by atoms with E-state index in [0.717, 1.165) is 30.8 Å². The average Bonchev–Trinajstić information content (AvgIpc) is 3.14. The summed E-state index contributed by atoms with van der Waals surface area (Å²) < 4.78 is 26.1. The van der Waals surface area contributed by atoms with E-state index in [1.54, 1.807) is 0 Å². The molecule has 0 unspecified atom stereocenters. The fourth-order valence-corrected chi connectivity index (χ4v) is 5.22. The second-order valence-electron chi connectivity index (χ2n) is 7.01. The van der Waals surface area contributed by atoms with Gasteiger partial charge in [0.05, 0.1) is 18.2 Å². The maximum atomic E-state index is 11.9. The first-order valence-electron chi connectivity index (χ1n) is 9.06. The number of hydrogen-bond acceptors (Lipinski definition) is 5. The minimum absolute atomic E-state index is 0.0552. The van der Waals surface area contributed by atoms with E-state index in [4.69, 9.17) is 12.2 Å². The first kappa shape index (κ1) is 19.3. The molecule has 8 heteroatoms. The number of H-pyrrole nitrogens is 1.